The van der Waals surface area contributed by atoms with Crippen molar-refractivity contribution in [2.45, 2.75) is 20.0 Å². The fraction of sp³-hybridized carbons (Fsp3) is 0.235. The number of amides is 1. The number of hydrogen-bond donors (Lipinski definition) is 1. The normalized spacial score (nSPS) is 17.4. The van der Waals surface area contributed by atoms with Gasteiger partial charge in [0.05, 0.1) is 11.3 Å². The van der Waals surface area contributed by atoms with Crippen molar-refractivity contribution in [2.75, 3.05) is 12.4 Å². The highest BCUT2D eigenvalue weighted by molar-refractivity contribution is 6.31. The van der Waals surface area contributed by atoms with E-state index in [-0.39, 0.29) is 12.1 Å². The Balaban J connectivity index is 2.09. The highest BCUT2D eigenvalue weighted by Gasteiger charge is 2.31. The molecular formula is C17H17ClN2O. The second kappa shape index (κ2) is 5.08. The maximum atomic E-state index is 12.6. The summed E-state index contributed by atoms with van der Waals surface area (Å²) in [5.41, 5.74) is 4.88. The van der Waals surface area contributed by atoms with E-state index >= 15 is 0 Å². The number of fused-ring (bicyclic) bond motifs is 1. The first kappa shape index (κ1) is 14.0. The summed E-state index contributed by atoms with van der Waals surface area (Å²) in [4.78, 5) is 14.3. The standard InChI is InChI=1S/C17H17ClN2O/c1-10-4-5-11(2)14(8-10)16-19-15-9-12(18)6-7-13(15)17(21)20(16)3/h4-9,16,19H,1-3H3. The molecule has 0 radical (unpaired) electrons. The van der Waals surface area contributed by atoms with Crippen molar-refractivity contribution in [2.24, 2.45) is 0 Å². The minimum Gasteiger partial charge on any atom is -0.361 e. The van der Waals surface area contributed by atoms with Gasteiger partial charge < -0.3 is 10.2 Å². The molecule has 1 amide bonds. The molecule has 1 unspecified atom stereocenters. The van der Waals surface area contributed by atoms with Crippen LogP contribution in [-0.2, 0) is 0 Å². The van der Waals surface area contributed by atoms with E-state index in [9.17, 15) is 4.79 Å². The minimum atomic E-state index is -0.177. The summed E-state index contributed by atoms with van der Waals surface area (Å²) in [7, 11) is 1.82. The van der Waals surface area contributed by atoms with Gasteiger partial charge in [0.2, 0.25) is 0 Å². The van der Waals surface area contributed by atoms with Crippen molar-refractivity contribution in [3.05, 3.63) is 63.7 Å². The zero-order valence-corrected chi connectivity index (χ0v) is 13.0. The van der Waals surface area contributed by atoms with E-state index in [0.29, 0.717) is 10.6 Å². The molecule has 0 spiro atoms. The van der Waals surface area contributed by atoms with Gasteiger partial charge in [-0.15, -0.1) is 0 Å². The van der Waals surface area contributed by atoms with E-state index in [1.807, 2.05) is 7.05 Å². The van der Waals surface area contributed by atoms with Crippen molar-refractivity contribution in [1.82, 2.24) is 4.90 Å². The van der Waals surface area contributed by atoms with Gasteiger partial charge in [0, 0.05) is 12.1 Å². The third kappa shape index (κ3) is 2.38. The van der Waals surface area contributed by atoms with Gasteiger partial charge in [-0.2, -0.15) is 0 Å². The first-order valence-electron chi connectivity index (χ1n) is 6.88. The average Bonchev–Trinajstić information content (AvgIpc) is 2.45. The summed E-state index contributed by atoms with van der Waals surface area (Å²) in [6.07, 6.45) is -0.177. The van der Waals surface area contributed by atoms with E-state index in [1.54, 1.807) is 23.1 Å². The summed E-state index contributed by atoms with van der Waals surface area (Å²) >= 11 is 6.05. The lowest BCUT2D eigenvalue weighted by molar-refractivity contribution is 0.0735. The van der Waals surface area contributed by atoms with E-state index < -0.39 is 0 Å². The molecule has 1 atom stereocenters. The van der Waals surface area contributed by atoms with Crippen LogP contribution in [0.15, 0.2) is 36.4 Å². The highest BCUT2D eigenvalue weighted by Crippen LogP contribution is 2.34. The lowest BCUT2D eigenvalue weighted by Gasteiger charge is -2.36. The Morgan fingerprint density at radius 3 is 2.67 bits per heavy atom. The van der Waals surface area contributed by atoms with Gasteiger partial charge in [0.15, 0.2) is 0 Å². The molecule has 0 saturated carbocycles. The van der Waals surface area contributed by atoms with E-state index in [2.05, 4.69) is 37.4 Å². The van der Waals surface area contributed by atoms with Gasteiger partial charge in [-0.05, 0) is 43.2 Å². The smallest absolute Gasteiger partial charge is 0.257 e. The molecule has 1 aliphatic heterocycles. The van der Waals surface area contributed by atoms with Gasteiger partial charge in [-0.1, -0.05) is 35.4 Å². The van der Waals surface area contributed by atoms with Crippen molar-refractivity contribution in [3.63, 3.8) is 0 Å². The Morgan fingerprint density at radius 2 is 1.90 bits per heavy atom. The number of carbonyl (C=O) groups excluding carboxylic acids is 1. The van der Waals surface area contributed by atoms with Crippen LogP contribution in [0, 0.1) is 13.8 Å². The van der Waals surface area contributed by atoms with Crippen LogP contribution in [0.25, 0.3) is 0 Å². The molecule has 0 aliphatic carbocycles. The Hall–Kier alpha value is -2.00. The predicted molar refractivity (Wildman–Crippen MR) is 85.8 cm³/mol. The quantitative estimate of drug-likeness (QED) is 0.858. The molecule has 0 aromatic heterocycles. The van der Waals surface area contributed by atoms with Crippen LogP contribution in [-0.4, -0.2) is 17.9 Å². The fourth-order valence-electron chi connectivity index (χ4n) is 2.71. The van der Waals surface area contributed by atoms with E-state index in [4.69, 9.17) is 11.6 Å². The molecule has 1 aliphatic rings. The van der Waals surface area contributed by atoms with Crippen LogP contribution in [0.1, 0.15) is 33.2 Å². The van der Waals surface area contributed by atoms with Crippen molar-refractivity contribution < 1.29 is 4.79 Å². The summed E-state index contributed by atoms with van der Waals surface area (Å²) in [6, 6.07) is 11.6. The molecule has 2 aromatic rings. The lowest BCUT2D eigenvalue weighted by Crippen LogP contribution is -2.40. The number of anilines is 1. The topological polar surface area (TPSA) is 32.3 Å². The lowest BCUT2D eigenvalue weighted by atomic mass is 9.99. The van der Waals surface area contributed by atoms with Crippen LogP contribution in [0.5, 0.6) is 0 Å². The van der Waals surface area contributed by atoms with E-state index in [0.717, 1.165) is 16.8 Å². The highest BCUT2D eigenvalue weighted by atomic mass is 35.5. The third-order valence-corrected chi connectivity index (χ3v) is 4.18. The van der Waals surface area contributed by atoms with Crippen molar-refractivity contribution in [1.29, 1.82) is 0 Å². The number of rotatable bonds is 1. The second-order valence-corrected chi connectivity index (χ2v) is 5.95. The maximum Gasteiger partial charge on any atom is 0.257 e. The number of carbonyl (C=O) groups is 1. The number of aryl methyl sites for hydroxylation is 2. The van der Waals surface area contributed by atoms with E-state index in [1.165, 1.54) is 5.56 Å². The Bertz CT molecular complexity index is 727. The molecule has 21 heavy (non-hydrogen) atoms. The molecule has 4 heteroatoms. The van der Waals surface area contributed by atoms with Crippen LogP contribution < -0.4 is 5.32 Å². The average molecular weight is 301 g/mol. The third-order valence-electron chi connectivity index (χ3n) is 3.94. The van der Waals surface area contributed by atoms with Crippen molar-refractivity contribution >= 4 is 23.2 Å². The molecule has 0 fully saturated rings. The predicted octanol–water partition coefficient (Wildman–Crippen LogP) is 4.15. The van der Waals surface area contributed by atoms with Gasteiger partial charge in [-0.3, -0.25) is 4.79 Å². The first-order chi connectivity index (χ1) is 9.97. The van der Waals surface area contributed by atoms with Crippen LogP contribution in [0.2, 0.25) is 5.02 Å². The first-order valence-corrected chi connectivity index (χ1v) is 7.25. The molecular weight excluding hydrogens is 284 g/mol. The van der Waals surface area contributed by atoms with Gasteiger partial charge in [-0.25, -0.2) is 0 Å². The van der Waals surface area contributed by atoms with Crippen LogP contribution >= 0.6 is 11.6 Å². The van der Waals surface area contributed by atoms with Crippen LogP contribution in [0.3, 0.4) is 0 Å². The molecule has 0 bridgehead atoms. The Morgan fingerprint density at radius 1 is 1.14 bits per heavy atom. The van der Waals surface area contributed by atoms with Crippen LogP contribution in [0.4, 0.5) is 5.69 Å². The molecule has 1 heterocycles. The Labute approximate surface area is 129 Å². The number of halogens is 1. The molecule has 3 nitrogen and oxygen atoms in total. The zero-order chi connectivity index (χ0) is 15.1. The Kier molecular flexibility index (Phi) is 3.38. The maximum absolute atomic E-state index is 12.6. The van der Waals surface area contributed by atoms with Gasteiger partial charge in [0.1, 0.15) is 6.17 Å². The van der Waals surface area contributed by atoms with Crippen molar-refractivity contribution in [3.8, 4) is 0 Å². The van der Waals surface area contributed by atoms with Gasteiger partial charge >= 0.3 is 0 Å². The number of benzene rings is 2. The summed E-state index contributed by atoms with van der Waals surface area (Å²) in [6.45, 7) is 4.11. The fourth-order valence-corrected chi connectivity index (χ4v) is 2.89. The molecule has 0 saturated heterocycles. The number of nitrogens with one attached hydrogen (secondary N) is 1. The summed E-state index contributed by atoms with van der Waals surface area (Å²) < 4.78 is 0. The largest absolute Gasteiger partial charge is 0.361 e. The monoisotopic (exact) mass is 300 g/mol. The molecule has 3 rings (SSSR count). The summed E-state index contributed by atoms with van der Waals surface area (Å²) in [5.74, 6) is 0.00585. The zero-order valence-electron chi connectivity index (χ0n) is 12.3. The van der Waals surface area contributed by atoms with Gasteiger partial charge in [0.25, 0.3) is 5.91 Å². The second-order valence-electron chi connectivity index (χ2n) is 5.51. The SMILES string of the molecule is Cc1ccc(C)c(C2Nc3cc(Cl)ccc3C(=O)N2C)c1. The molecule has 2 aromatic carbocycles. The molecule has 108 valence electrons. The number of hydrogen-bond acceptors (Lipinski definition) is 2. The minimum absolute atomic E-state index is 0.00585. The molecule has 1 N–H and O–H groups in total. The number of nitrogens with zero attached hydrogens (tertiary/aromatic N) is 1. The summed E-state index contributed by atoms with van der Waals surface area (Å²) in [5, 5.41) is 4.05.